The van der Waals surface area contributed by atoms with Crippen molar-refractivity contribution in [2.75, 3.05) is 26.2 Å². The van der Waals surface area contributed by atoms with Crippen molar-refractivity contribution in [3.8, 4) is 16.3 Å². The number of aromatic nitrogens is 1. The Kier molecular flexibility index (Phi) is 4.93. The molecule has 0 radical (unpaired) electrons. The Morgan fingerprint density at radius 1 is 1.43 bits per heavy atom. The average molecular weight is 331 g/mol. The van der Waals surface area contributed by atoms with Crippen molar-refractivity contribution < 1.29 is 9.53 Å². The van der Waals surface area contributed by atoms with Crippen LogP contribution < -0.4 is 10.1 Å². The number of amides is 1. The van der Waals surface area contributed by atoms with Gasteiger partial charge < -0.3 is 15.0 Å². The molecule has 2 aromatic rings. The molecule has 3 rings (SSSR count). The molecule has 23 heavy (non-hydrogen) atoms. The second-order valence-electron chi connectivity index (χ2n) is 5.55. The Morgan fingerprint density at radius 2 is 2.22 bits per heavy atom. The second kappa shape index (κ2) is 7.10. The SMILES string of the molecule is CCOc1ccc(-c2nc(C(=O)N3CCNC[C@H]3C)cs2)cc1. The third-order valence-electron chi connectivity index (χ3n) is 3.90. The van der Waals surface area contributed by atoms with Crippen LogP contribution in [-0.2, 0) is 0 Å². The van der Waals surface area contributed by atoms with Gasteiger partial charge in [-0.05, 0) is 38.1 Å². The van der Waals surface area contributed by atoms with E-state index in [1.54, 1.807) is 0 Å². The number of hydrogen-bond donors (Lipinski definition) is 1. The van der Waals surface area contributed by atoms with Crippen molar-refractivity contribution >= 4 is 17.2 Å². The Hall–Kier alpha value is -1.92. The van der Waals surface area contributed by atoms with E-state index in [1.165, 1.54) is 11.3 Å². The lowest BCUT2D eigenvalue weighted by molar-refractivity contribution is 0.0650. The van der Waals surface area contributed by atoms with Gasteiger partial charge in [0.05, 0.1) is 6.61 Å². The molecule has 1 saturated heterocycles. The summed E-state index contributed by atoms with van der Waals surface area (Å²) in [5.41, 5.74) is 1.54. The van der Waals surface area contributed by atoms with E-state index >= 15 is 0 Å². The number of nitrogens with one attached hydrogen (secondary N) is 1. The van der Waals surface area contributed by atoms with Crippen LogP contribution >= 0.6 is 11.3 Å². The first kappa shape index (κ1) is 16.0. The van der Waals surface area contributed by atoms with E-state index in [0.717, 1.165) is 36.0 Å². The van der Waals surface area contributed by atoms with Gasteiger partial charge in [-0.15, -0.1) is 11.3 Å². The first-order chi connectivity index (χ1) is 11.2. The number of carbonyl (C=O) groups is 1. The maximum absolute atomic E-state index is 12.6. The molecule has 1 fully saturated rings. The van der Waals surface area contributed by atoms with Gasteiger partial charge in [-0.3, -0.25) is 4.79 Å². The molecule has 2 heterocycles. The number of hydrogen-bond acceptors (Lipinski definition) is 5. The highest BCUT2D eigenvalue weighted by Gasteiger charge is 2.25. The van der Waals surface area contributed by atoms with Crippen LogP contribution in [0.4, 0.5) is 0 Å². The highest BCUT2D eigenvalue weighted by Crippen LogP contribution is 2.26. The number of nitrogens with zero attached hydrogens (tertiary/aromatic N) is 2. The van der Waals surface area contributed by atoms with E-state index in [1.807, 2.05) is 41.5 Å². The molecule has 1 atom stereocenters. The Balaban J connectivity index is 1.75. The average Bonchev–Trinajstić information content (AvgIpc) is 3.06. The van der Waals surface area contributed by atoms with Crippen LogP contribution in [0.25, 0.3) is 10.6 Å². The summed E-state index contributed by atoms with van der Waals surface area (Å²) in [6.45, 7) is 7.08. The van der Waals surface area contributed by atoms with Crippen molar-refractivity contribution in [1.82, 2.24) is 15.2 Å². The third kappa shape index (κ3) is 3.54. The second-order valence-corrected chi connectivity index (χ2v) is 6.41. The van der Waals surface area contributed by atoms with Gasteiger partial charge in [0.1, 0.15) is 16.5 Å². The molecule has 5 nitrogen and oxygen atoms in total. The van der Waals surface area contributed by atoms with Crippen molar-refractivity contribution in [1.29, 1.82) is 0 Å². The molecular formula is C17H21N3O2S. The zero-order valence-electron chi connectivity index (χ0n) is 13.4. The maximum atomic E-state index is 12.6. The van der Waals surface area contributed by atoms with Gasteiger partial charge in [-0.25, -0.2) is 4.98 Å². The number of ether oxygens (including phenoxy) is 1. The molecule has 0 aliphatic carbocycles. The highest BCUT2D eigenvalue weighted by molar-refractivity contribution is 7.13. The highest BCUT2D eigenvalue weighted by atomic mass is 32.1. The van der Waals surface area contributed by atoms with Crippen LogP contribution in [0.5, 0.6) is 5.75 Å². The van der Waals surface area contributed by atoms with Gasteiger partial charge in [0.25, 0.3) is 5.91 Å². The Bertz CT molecular complexity index is 669. The fraction of sp³-hybridized carbons (Fsp3) is 0.412. The minimum atomic E-state index is 0.0208. The summed E-state index contributed by atoms with van der Waals surface area (Å²) in [6, 6.07) is 8.02. The van der Waals surface area contributed by atoms with E-state index in [9.17, 15) is 4.79 Å². The quantitative estimate of drug-likeness (QED) is 0.936. The summed E-state index contributed by atoms with van der Waals surface area (Å²) in [4.78, 5) is 19.0. The predicted molar refractivity (Wildman–Crippen MR) is 92.1 cm³/mol. The number of carbonyl (C=O) groups excluding carboxylic acids is 1. The normalized spacial score (nSPS) is 18.0. The zero-order chi connectivity index (χ0) is 16.2. The lowest BCUT2D eigenvalue weighted by Crippen LogP contribution is -2.52. The topological polar surface area (TPSA) is 54.5 Å². The molecule has 0 bridgehead atoms. The maximum Gasteiger partial charge on any atom is 0.273 e. The Labute approximate surface area is 140 Å². The fourth-order valence-corrected chi connectivity index (χ4v) is 3.45. The molecule has 1 aliphatic heterocycles. The lowest BCUT2D eigenvalue weighted by Gasteiger charge is -2.33. The first-order valence-electron chi connectivity index (χ1n) is 7.89. The molecule has 0 saturated carbocycles. The zero-order valence-corrected chi connectivity index (χ0v) is 14.2. The van der Waals surface area contributed by atoms with E-state index in [0.29, 0.717) is 12.3 Å². The molecule has 1 aromatic carbocycles. The molecule has 1 amide bonds. The first-order valence-corrected chi connectivity index (χ1v) is 8.77. The van der Waals surface area contributed by atoms with Gasteiger partial charge in [0, 0.05) is 36.6 Å². The van der Waals surface area contributed by atoms with Crippen LogP contribution in [0, 0.1) is 0 Å². The minimum absolute atomic E-state index is 0.0208. The van der Waals surface area contributed by atoms with Crippen molar-refractivity contribution in [3.05, 3.63) is 35.3 Å². The lowest BCUT2D eigenvalue weighted by atomic mass is 10.2. The molecule has 6 heteroatoms. The third-order valence-corrected chi connectivity index (χ3v) is 4.79. The Morgan fingerprint density at radius 3 is 2.91 bits per heavy atom. The molecule has 122 valence electrons. The summed E-state index contributed by atoms with van der Waals surface area (Å²) in [7, 11) is 0. The van der Waals surface area contributed by atoms with Gasteiger partial charge in [-0.1, -0.05) is 0 Å². The van der Waals surface area contributed by atoms with E-state index < -0.39 is 0 Å². The van der Waals surface area contributed by atoms with E-state index in [-0.39, 0.29) is 11.9 Å². The van der Waals surface area contributed by atoms with Crippen LogP contribution in [0.3, 0.4) is 0 Å². The van der Waals surface area contributed by atoms with Gasteiger partial charge in [-0.2, -0.15) is 0 Å². The van der Waals surface area contributed by atoms with E-state index in [2.05, 4.69) is 17.2 Å². The monoisotopic (exact) mass is 331 g/mol. The number of piperazine rings is 1. The van der Waals surface area contributed by atoms with Crippen LogP contribution in [-0.4, -0.2) is 48.1 Å². The van der Waals surface area contributed by atoms with Gasteiger partial charge in [0.15, 0.2) is 0 Å². The number of benzene rings is 1. The smallest absolute Gasteiger partial charge is 0.273 e. The van der Waals surface area contributed by atoms with Crippen molar-refractivity contribution in [2.45, 2.75) is 19.9 Å². The summed E-state index contributed by atoms with van der Waals surface area (Å²) in [5.74, 6) is 0.867. The summed E-state index contributed by atoms with van der Waals surface area (Å²) in [6.07, 6.45) is 0. The van der Waals surface area contributed by atoms with Gasteiger partial charge >= 0.3 is 0 Å². The standard InChI is InChI=1S/C17H21N3O2S/c1-3-22-14-6-4-13(5-7-14)16-19-15(11-23-16)17(21)20-9-8-18-10-12(20)2/h4-7,11-12,18H,3,8-10H2,1-2H3/t12-/m1/s1. The number of thiazole rings is 1. The van der Waals surface area contributed by atoms with Crippen molar-refractivity contribution in [3.63, 3.8) is 0 Å². The molecule has 0 spiro atoms. The molecule has 1 aliphatic rings. The molecular weight excluding hydrogens is 310 g/mol. The summed E-state index contributed by atoms with van der Waals surface area (Å²) < 4.78 is 5.45. The van der Waals surface area contributed by atoms with E-state index in [4.69, 9.17) is 4.74 Å². The summed E-state index contributed by atoms with van der Waals surface area (Å²) >= 11 is 1.50. The summed E-state index contributed by atoms with van der Waals surface area (Å²) in [5, 5.41) is 6.00. The molecule has 0 unspecified atom stereocenters. The largest absolute Gasteiger partial charge is 0.494 e. The number of rotatable bonds is 4. The van der Waals surface area contributed by atoms with Crippen LogP contribution in [0.2, 0.25) is 0 Å². The molecule has 1 N–H and O–H groups in total. The van der Waals surface area contributed by atoms with Gasteiger partial charge in [0.2, 0.25) is 0 Å². The van der Waals surface area contributed by atoms with Crippen LogP contribution in [0.15, 0.2) is 29.6 Å². The minimum Gasteiger partial charge on any atom is -0.494 e. The predicted octanol–water partition coefficient (Wildman–Crippen LogP) is 2.64. The fourth-order valence-electron chi connectivity index (χ4n) is 2.65. The van der Waals surface area contributed by atoms with Crippen molar-refractivity contribution in [2.24, 2.45) is 0 Å². The van der Waals surface area contributed by atoms with Crippen LogP contribution in [0.1, 0.15) is 24.3 Å². The molecule has 1 aromatic heterocycles.